The molecule has 0 aliphatic heterocycles. The minimum Gasteiger partial charge on any atom is -0.507 e. The van der Waals surface area contributed by atoms with Gasteiger partial charge in [0.15, 0.2) is 0 Å². The molecule has 3 aromatic heterocycles. The number of aromatic hydroxyl groups is 1. The summed E-state index contributed by atoms with van der Waals surface area (Å²) in [5.41, 5.74) is 15.7. The van der Waals surface area contributed by atoms with Crippen molar-refractivity contribution in [2.24, 2.45) is 0 Å². The fraction of sp³-hybridized carbons (Fsp3) is 0.0870. The van der Waals surface area contributed by atoms with Crippen LogP contribution in [0.3, 0.4) is 0 Å². The van der Waals surface area contributed by atoms with Crippen molar-refractivity contribution >= 4 is 5.65 Å². The number of benzene rings is 5. The highest BCUT2D eigenvalue weighted by Crippen LogP contribution is 2.54. The van der Waals surface area contributed by atoms with Crippen LogP contribution in [-0.2, 0) is 5.41 Å². The summed E-state index contributed by atoms with van der Waals surface area (Å²) in [7, 11) is 0. The van der Waals surface area contributed by atoms with Gasteiger partial charge in [-0.15, -0.1) is 0 Å². The van der Waals surface area contributed by atoms with Crippen molar-refractivity contribution in [3.05, 3.63) is 168 Å². The minimum atomic E-state index is -0.207. The minimum absolute atomic E-state index is 0.207. The Morgan fingerprint density at radius 3 is 2.12 bits per heavy atom. The number of nitrogens with zero attached hydrogens (tertiary/aromatic N) is 3. The van der Waals surface area contributed by atoms with Crippen LogP contribution >= 0.6 is 0 Å². The number of aromatic nitrogens is 3. The number of phenols is 1. The zero-order valence-electron chi connectivity index (χ0n) is 28.2. The number of hydrogen-bond acceptors (Lipinski definition) is 3. The van der Waals surface area contributed by atoms with Crippen molar-refractivity contribution in [1.82, 2.24) is 14.4 Å². The first-order valence-corrected chi connectivity index (χ1v) is 17.1. The summed E-state index contributed by atoms with van der Waals surface area (Å²) in [6.45, 7) is 6.57. The van der Waals surface area contributed by atoms with E-state index < -0.39 is 0 Å². The molecule has 0 saturated carbocycles. The quantitative estimate of drug-likeness (QED) is 0.203. The predicted molar refractivity (Wildman–Crippen MR) is 204 cm³/mol. The van der Waals surface area contributed by atoms with Gasteiger partial charge >= 0.3 is 0 Å². The lowest BCUT2D eigenvalue weighted by Crippen LogP contribution is -2.14. The maximum Gasteiger partial charge on any atom is 0.137 e. The lowest BCUT2D eigenvalue weighted by molar-refractivity contribution is 0.478. The first-order chi connectivity index (χ1) is 24.4. The molecule has 9 rings (SSSR count). The van der Waals surface area contributed by atoms with Gasteiger partial charge in [-0.25, -0.2) is 9.97 Å². The van der Waals surface area contributed by atoms with Gasteiger partial charge in [-0.3, -0.25) is 4.40 Å². The van der Waals surface area contributed by atoms with Crippen LogP contribution < -0.4 is 0 Å². The predicted octanol–water partition coefficient (Wildman–Crippen LogP) is 11.4. The molecule has 0 amide bonds. The van der Waals surface area contributed by atoms with Gasteiger partial charge in [0.2, 0.25) is 0 Å². The first-order valence-electron chi connectivity index (χ1n) is 17.1. The van der Waals surface area contributed by atoms with E-state index in [-0.39, 0.29) is 11.2 Å². The highest BCUT2D eigenvalue weighted by molar-refractivity contribution is 5.91. The molecule has 0 saturated heterocycles. The molecule has 1 aliphatic carbocycles. The average Bonchev–Trinajstić information content (AvgIpc) is 3.65. The number of aryl methyl sites for hydroxylation is 1. The fourth-order valence-electron chi connectivity index (χ4n) is 7.69. The van der Waals surface area contributed by atoms with E-state index in [1.165, 1.54) is 11.1 Å². The smallest absolute Gasteiger partial charge is 0.137 e. The molecule has 5 aromatic carbocycles. The standard InChI is InChI=1S/C46H35N3O/c1-29-13-11-16-31(25-29)34-27-39(47-40(28-34)36-22-23-38-42(45(36)50)35-19-7-8-20-37(35)46(38,2)3)32-17-12-18-33(26-32)43-44(30-14-5-4-6-15-30)49-24-10-9-21-41(49)48-43/h4-28,50H,1-3H3. The second-order valence-electron chi connectivity index (χ2n) is 13.7. The van der Waals surface area contributed by atoms with Crippen molar-refractivity contribution in [3.8, 4) is 73.0 Å². The molecule has 4 nitrogen and oxygen atoms in total. The van der Waals surface area contributed by atoms with Crippen molar-refractivity contribution < 1.29 is 5.11 Å². The van der Waals surface area contributed by atoms with Gasteiger partial charge in [-0.2, -0.15) is 0 Å². The van der Waals surface area contributed by atoms with E-state index in [1.807, 2.05) is 36.4 Å². The van der Waals surface area contributed by atoms with E-state index in [2.05, 4.69) is 141 Å². The normalized spacial score (nSPS) is 12.9. The van der Waals surface area contributed by atoms with Crippen molar-refractivity contribution in [2.75, 3.05) is 0 Å². The van der Waals surface area contributed by atoms with Gasteiger partial charge < -0.3 is 5.11 Å². The Morgan fingerprint density at radius 2 is 1.26 bits per heavy atom. The van der Waals surface area contributed by atoms with Gasteiger partial charge in [0, 0.05) is 39.4 Å². The van der Waals surface area contributed by atoms with Crippen molar-refractivity contribution in [3.63, 3.8) is 0 Å². The molecular weight excluding hydrogens is 611 g/mol. The van der Waals surface area contributed by atoms with Crippen molar-refractivity contribution in [2.45, 2.75) is 26.2 Å². The Labute approximate surface area is 292 Å². The molecule has 0 radical (unpaired) electrons. The van der Waals surface area contributed by atoms with Crippen LogP contribution in [0, 0.1) is 6.92 Å². The Balaban J connectivity index is 1.24. The molecule has 1 aliphatic rings. The van der Waals surface area contributed by atoms with Gasteiger partial charge in [-0.05, 0) is 71.1 Å². The number of imidazole rings is 1. The van der Waals surface area contributed by atoms with E-state index in [4.69, 9.17) is 9.97 Å². The van der Waals surface area contributed by atoms with Gasteiger partial charge in [-0.1, -0.05) is 129 Å². The average molecular weight is 646 g/mol. The number of fused-ring (bicyclic) bond motifs is 4. The Hall–Kier alpha value is -6.26. The summed E-state index contributed by atoms with van der Waals surface area (Å²) in [4.78, 5) is 10.4. The van der Waals surface area contributed by atoms with Crippen LogP contribution in [0.25, 0.3) is 72.9 Å². The van der Waals surface area contributed by atoms with Crippen LogP contribution in [0.4, 0.5) is 0 Å². The molecule has 8 aromatic rings. The summed E-state index contributed by atoms with van der Waals surface area (Å²) >= 11 is 0. The third kappa shape index (κ3) is 4.75. The third-order valence-corrected chi connectivity index (χ3v) is 10.2. The number of hydrogen-bond donors (Lipinski definition) is 1. The van der Waals surface area contributed by atoms with E-state index in [1.54, 1.807) is 0 Å². The van der Waals surface area contributed by atoms with Crippen LogP contribution in [0.15, 0.2) is 152 Å². The van der Waals surface area contributed by atoms with E-state index in [0.29, 0.717) is 0 Å². The first kappa shape index (κ1) is 29.8. The van der Waals surface area contributed by atoms with Crippen LogP contribution in [-0.4, -0.2) is 19.5 Å². The summed E-state index contributed by atoms with van der Waals surface area (Å²) in [6, 6.07) is 50.4. The van der Waals surface area contributed by atoms with Gasteiger partial charge in [0.05, 0.1) is 22.8 Å². The summed E-state index contributed by atoms with van der Waals surface area (Å²) < 4.78 is 2.15. The molecule has 0 unspecified atom stereocenters. The summed E-state index contributed by atoms with van der Waals surface area (Å²) in [5.74, 6) is 0.270. The zero-order chi connectivity index (χ0) is 34.0. The second-order valence-corrected chi connectivity index (χ2v) is 13.7. The number of rotatable bonds is 5. The van der Waals surface area contributed by atoms with Crippen molar-refractivity contribution in [1.29, 1.82) is 0 Å². The maximum absolute atomic E-state index is 12.1. The molecule has 240 valence electrons. The van der Waals surface area contributed by atoms with Crippen LogP contribution in [0.1, 0.15) is 30.5 Å². The topological polar surface area (TPSA) is 50.4 Å². The summed E-state index contributed by atoms with van der Waals surface area (Å²) in [6.07, 6.45) is 2.07. The third-order valence-electron chi connectivity index (χ3n) is 10.2. The fourth-order valence-corrected chi connectivity index (χ4v) is 7.69. The molecule has 0 bridgehead atoms. The molecule has 1 N–H and O–H groups in total. The molecule has 0 spiro atoms. The Morgan fingerprint density at radius 1 is 0.540 bits per heavy atom. The van der Waals surface area contributed by atoms with E-state index >= 15 is 0 Å². The Bertz CT molecular complexity index is 2600. The molecule has 0 fully saturated rings. The van der Waals surface area contributed by atoms with Gasteiger partial charge in [0.1, 0.15) is 11.4 Å². The lowest BCUT2D eigenvalue weighted by Gasteiger charge is -2.21. The highest BCUT2D eigenvalue weighted by atomic mass is 16.3. The molecule has 3 heterocycles. The lowest BCUT2D eigenvalue weighted by atomic mass is 9.82. The molecule has 4 heteroatoms. The van der Waals surface area contributed by atoms with Crippen LogP contribution in [0.5, 0.6) is 5.75 Å². The molecule has 0 atom stereocenters. The molecular formula is C46H35N3O. The van der Waals surface area contributed by atoms with Crippen LogP contribution in [0.2, 0.25) is 0 Å². The Kier molecular flexibility index (Phi) is 6.82. The summed E-state index contributed by atoms with van der Waals surface area (Å²) in [5, 5.41) is 12.1. The van der Waals surface area contributed by atoms with Gasteiger partial charge in [0.25, 0.3) is 0 Å². The monoisotopic (exact) mass is 645 g/mol. The maximum atomic E-state index is 12.1. The SMILES string of the molecule is Cc1cccc(-c2cc(-c3cccc(-c4nc5ccccn5c4-c4ccccc4)c3)nc(-c3ccc4c(c3O)-c3ccccc3C4(C)C)c2)c1. The number of phenolic OH excluding ortho intramolecular Hbond substituents is 1. The van der Waals surface area contributed by atoms with E-state index in [0.717, 1.165) is 78.5 Å². The van der Waals surface area contributed by atoms with E-state index in [9.17, 15) is 5.11 Å². The largest absolute Gasteiger partial charge is 0.507 e. The zero-order valence-corrected chi connectivity index (χ0v) is 28.2. The second kappa shape index (κ2) is 11.4. The molecule has 50 heavy (non-hydrogen) atoms. The highest BCUT2D eigenvalue weighted by Gasteiger charge is 2.37. The number of pyridine rings is 2.